The number of rotatable bonds is 2. The molecule has 94 valence electrons. The van der Waals surface area contributed by atoms with E-state index in [-0.39, 0.29) is 17.2 Å². The van der Waals surface area contributed by atoms with Gasteiger partial charge in [-0.1, -0.05) is 0 Å². The van der Waals surface area contributed by atoms with Crippen molar-refractivity contribution < 1.29 is 13.5 Å². The van der Waals surface area contributed by atoms with Gasteiger partial charge in [-0.2, -0.15) is 0 Å². The number of ether oxygens (including phenoxy) is 1. The molecule has 0 N–H and O–H groups in total. The Bertz CT molecular complexity index is 551. The quantitative estimate of drug-likeness (QED) is 0.818. The second-order valence-corrected chi connectivity index (χ2v) is 4.40. The molecule has 2 aromatic rings. The molecule has 1 aliphatic heterocycles. The van der Waals surface area contributed by atoms with Gasteiger partial charge in [0.05, 0.1) is 7.11 Å². The van der Waals surface area contributed by atoms with Crippen molar-refractivity contribution in [1.29, 1.82) is 0 Å². The predicted octanol–water partition coefficient (Wildman–Crippen LogP) is 2.51. The highest BCUT2D eigenvalue weighted by atomic mass is 19.1. The summed E-state index contributed by atoms with van der Waals surface area (Å²) in [5.41, 5.74) is 0.126. The predicted molar refractivity (Wildman–Crippen MR) is 61.6 cm³/mol. The summed E-state index contributed by atoms with van der Waals surface area (Å²) in [6.07, 6.45) is 4.09. The Kier molecular flexibility index (Phi) is 2.54. The Morgan fingerprint density at radius 2 is 2.06 bits per heavy atom. The van der Waals surface area contributed by atoms with E-state index in [2.05, 4.69) is 4.98 Å². The summed E-state index contributed by atoms with van der Waals surface area (Å²) >= 11 is 0. The lowest BCUT2D eigenvalue weighted by Crippen LogP contribution is -2.07. The van der Waals surface area contributed by atoms with E-state index in [1.54, 1.807) is 6.20 Å². The van der Waals surface area contributed by atoms with Crippen LogP contribution in [0.25, 0.3) is 0 Å². The molecular weight excluding hydrogens is 238 g/mol. The molecule has 0 unspecified atom stereocenters. The first-order valence-electron chi connectivity index (χ1n) is 5.72. The van der Waals surface area contributed by atoms with Crippen LogP contribution in [0.15, 0.2) is 24.5 Å². The van der Waals surface area contributed by atoms with Crippen molar-refractivity contribution in [2.75, 3.05) is 7.11 Å². The lowest BCUT2D eigenvalue weighted by Gasteiger charge is -2.13. The zero-order chi connectivity index (χ0) is 12.7. The van der Waals surface area contributed by atoms with Gasteiger partial charge in [-0.25, -0.2) is 13.8 Å². The van der Waals surface area contributed by atoms with Crippen molar-refractivity contribution in [3.63, 3.8) is 0 Å². The van der Waals surface area contributed by atoms with Gasteiger partial charge in [-0.15, -0.1) is 0 Å². The van der Waals surface area contributed by atoms with Crippen molar-refractivity contribution in [3.8, 4) is 5.75 Å². The van der Waals surface area contributed by atoms with Crippen molar-refractivity contribution in [1.82, 2.24) is 9.55 Å². The van der Waals surface area contributed by atoms with Crippen LogP contribution in [-0.4, -0.2) is 16.7 Å². The average molecular weight is 250 g/mol. The Hall–Kier alpha value is -1.91. The molecule has 1 aliphatic rings. The largest absolute Gasteiger partial charge is 0.497 e. The highest BCUT2D eigenvalue weighted by molar-refractivity contribution is 5.34. The maximum Gasteiger partial charge on any atom is 0.133 e. The van der Waals surface area contributed by atoms with E-state index in [4.69, 9.17) is 4.74 Å². The molecule has 3 nitrogen and oxygen atoms in total. The maximum atomic E-state index is 13.9. The molecule has 0 amide bonds. The van der Waals surface area contributed by atoms with Crippen LogP contribution >= 0.6 is 0 Å². The third-order valence-electron chi connectivity index (χ3n) is 3.34. The molecule has 0 bridgehead atoms. The topological polar surface area (TPSA) is 27.1 Å². The van der Waals surface area contributed by atoms with E-state index in [9.17, 15) is 8.78 Å². The summed E-state index contributed by atoms with van der Waals surface area (Å²) in [6.45, 7) is 0.565. The molecule has 18 heavy (non-hydrogen) atoms. The first kappa shape index (κ1) is 11.2. The highest BCUT2D eigenvalue weighted by Gasteiger charge is 2.28. The second-order valence-electron chi connectivity index (χ2n) is 4.40. The second kappa shape index (κ2) is 4.08. The molecule has 5 heteroatoms. The highest BCUT2D eigenvalue weighted by Crippen LogP contribution is 2.33. The van der Waals surface area contributed by atoms with Gasteiger partial charge in [0, 0.05) is 49.0 Å². The fourth-order valence-electron chi connectivity index (χ4n) is 2.48. The van der Waals surface area contributed by atoms with Gasteiger partial charge in [-0.3, -0.25) is 0 Å². The zero-order valence-electron chi connectivity index (χ0n) is 9.86. The minimum absolute atomic E-state index is 0.126. The number of fused-ring (bicyclic) bond motifs is 1. The number of benzene rings is 1. The lowest BCUT2D eigenvalue weighted by atomic mass is 9.96. The summed E-state index contributed by atoms with van der Waals surface area (Å²) in [5.74, 6) is -0.232. The fraction of sp³-hybridized carbons (Fsp3) is 0.308. The van der Waals surface area contributed by atoms with E-state index in [0.717, 1.165) is 5.82 Å². The van der Waals surface area contributed by atoms with E-state index in [0.29, 0.717) is 13.0 Å². The SMILES string of the molecule is COc1cc(F)c([C@H]2Cc3nccn3C2)c(F)c1. The van der Waals surface area contributed by atoms with Crippen LogP contribution in [0.4, 0.5) is 8.78 Å². The molecule has 0 radical (unpaired) electrons. The van der Waals surface area contributed by atoms with Crippen molar-refractivity contribution in [2.24, 2.45) is 0 Å². The summed E-state index contributed by atoms with van der Waals surface area (Å²) in [5, 5.41) is 0. The molecule has 2 heterocycles. The first-order valence-corrected chi connectivity index (χ1v) is 5.72. The third kappa shape index (κ3) is 1.66. The number of hydrogen-bond donors (Lipinski definition) is 0. The van der Waals surface area contributed by atoms with Gasteiger partial charge in [0.1, 0.15) is 23.2 Å². The number of halogens is 2. The van der Waals surface area contributed by atoms with E-state index < -0.39 is 11.6 Å². The Balaban J connectivity index is 1.97. The minimum atomic E-state index is -0.553. The fourth-order valence-corrected chi connectivity index (χ4v) is 2.48. The van der Waals surface area contributed by atoms with Crippen LogP contribution < -0.4 is 4.74 Å². The van der Waals surface area contributed by atoms with Crippen molar-refractivity contribution >= 4 is 0 Å². The molecule has 3 rings (SSSR count). The van der Waals surface area contributed by atoms with Crippen LogP contribution in [0.5, 0.6) is 5.75 Å². The molecule has 1 aromatic heterocycles. The Morgan fingerprint density at radius 3 is 2.67 bits per heavy atom. The number of aromatic nitrogens is 2. The normalized spacial score (nSPS) is 17.8. The summed E-state index contributed by atoms with van der Waals surface area (Å²) in [6, 6.07) is 2.44. The summed E-state index contributed by atoms with van der Waals surface area (Å²) in [7, 11) is 1.39. The van der Waals surface area contributed by atoms with Crippen molar-refractivity contribution in [2.45, 2.75) is 18.9 Å². The smallest absolute Gasteiger partial charge is 0.133 e. The van der Waals surface area contributed by atoms with E-state index >= 15 is 0 Å². The molecule has 1 atom stereocenters. The standard InChI is InChI=1S/C13H12F2N2O/c1-18-9-5-10(14)13(11(15)6-9)8-4-12-16-2-3-17(12)7-8/h2-3,5-6,8H,4,7H2,1H3/t8-/m0/s1. The minimum Gasteiger partial charge on any atom is -0.497 e. The van der Waals surface area contributed by atoms with Crippen molar-refractivity contribution in [3.05, 3.63) is 47.5 Å². The van der Waals surface area contributed by atoms with Crippen LogP contribution in [0.3, 0.4) is 0 Å². The van der Waals surface area contributed by atoms with Gasteiger partial charge in [0.25, 0.3) is 0 Å². The average Bonchev–Trinajstić information content (AvgIpc) is 2.88. The molecule has 1 aromatic carbocycles. The number of nitrogens with zero attached hydrogens (tertiary/aromatic N) is 2. The van der Waals surface area contributed by atoms with Crippen LogP contribution in [0.1, 0.15) is 17.3 Å². The molecular formula is C13H12F2N2O. The molecule has 0 aliphatic carbocycles. The monoisotopic (exact) mass is 250 g/mol. The first-order chi connectivity index (χ1) is 8.69. The maximum absolute atomic E-state index is 13.9. The molecule has 0 spiro atoms. The Morgan fingerprint density at radius 1 is 1.33 bits per heavy atom. The van der Waals surface area contributed by atoms with E-state index in [1.165, 1.54) is 19.2 Å². The molecule has 0 fully saturated rings. The summed E-state index contributed by atoms with van der Waals surface area (Å²) in [4.78, 5) is 4.16. The third-order valence-corrected chi connectivity index (χ3v) is 3.34. The molecule has 0 saturated heterocycles. The Labute approximate surface area is 103 Å². The van der Waals surface area contributed by atoms with E-state index in [1.807, 2.05) is 10.8 Å². The van der Waals surface area contributed by atoms with Crippen LogP contribution in [0.2, 0.25) is 0 Å². The zero-order valence-corrected chi connectivity index (χ0v) is 9.86. The van der Waals surface area contributed by atoms with Gasteiger partial charge in [-0.05, 0) is 0 Å². The van der Waals surface area contributed by atoms with Gasteiger partial charge < -0.3 is 9.30 Å². The van der Waals surface area contributed by atoms with Gasteiger partial charge in [0.2, 0.25) is 0 Å². The molecule has 0 saturated carbocycles. The lowest BCUT2D eigenvalue weighted by molar-refractivity contribution is 0.403. The summed E-state index contributed by atoms with van der Waals surface area (Å²) < 4.78 is 34.6. The van der Waals surface area contributed by atoms with Gasteiger partial charge >= 0.3 is 0 Å². The van der Waals surface area contributed by atoms with Gasteiger partial charge in [0.15, 0.2) is 0 Å². The number of methoxy groups -OCH3 is 1. The number of imidazole rings is 1. The number of hydrogen-bond acceptors (Lipinski definition) is 2. The van der Waals surface area contributed by atoms with Crippen LogP contribution in [0, 0.1) is 11.6 Å². The van der Waals surface area contributed by atoms with Crippen LogP contribution in [-0.2, 0) is 13.0 Å².